The summed E-state index contributed by atoms with van der Waals surface area (Å²) in [5.74, 6) is -1.55. The fourth-order valence-corrected chi connectivity index (χ4v) is 5.80. The largest absolute Gasteiger partial charge is 0.743 e. The summed E-state index contributed by atoms with van der Waals surface area (Å²) in [6.45, 7) is 9.35. The molecule has 3 rings (SSSR count). The Bertz CT molecular complexity index is 1560. The van der Waals surface area contributed by atoms with Crippen molar-refractivity contribution in [3.05, 3.63) is 109 Å². The normalized spacial score (nSPS) is 12.3. The Balaban J connectivity index is 0.000000356. The number of esters is 2. The molecule has 0 N–H and O–H groups in total. The van der Waals surface area contributed by atoms with E-state index in [-0.39, 0.29) is 17.5 Å². The molecule has 0 aliphatic carbocycles. The molecule has 3 aromatic rings. The summed E-state index contributed by atoms with van der Waals surface area (Å²) >= 11 is 0. The van der Waals surface area contributed by atoms with Gasteiger partial charge >= 0.3 is 23.4 Å². The van der Waals surface area contributed by atoms with Gasteiger partial charge in [0.05, 0.1) is 10.9 Å². The van der Waals surface area contributed by atoms with Crippen LogP contribution in [0.3, 0.4) is 0 Å². The molecule has 0 aliphatic rings. The van der Waals surface area contributed by atoms with Gasteiger partial charge < -0.3 is 18.8 Å². The highest BCUT2D eigenvalue weighted by Gasteiger charge is 2.62. The molecule has 46 heavy (non-hydrogen) atoms. The van der Waals surface area contributed by atoms with Crippen LogP contribution in [0, 0.1) is 0 Å². The summed E-state index contributed by atoms with van der Waals surface area (Å²) in [6.07, 6.45) is -10.3. The number of rotatable bonds is 12. The first-order chi connectivity index (χ1) is 21.4. The third kappa shape index (κ3) is 11.0. The molecule has 1 unspecified atom stereocenters. The van der Waals surface area contributed by atoms with E-state index in [0.717, 1.165) is 12.7 Å². The molecule has 15 heteroatoms. The molecule has 1 atom stereocenters. The topological polar surface area (TPSA) is 119 Å². The van der Waals surface area contributed by atoms with Crippen LogP contribution in [0.4, 0.5) is 22.0 Å². The van der Waals surface area contributed by atoms with Crippen molar-refractivity contribution in [1.29, 1.82) is 0 Å². The quantitative estimate of drug-likeness (QED) is 0.0532. The molecule has 248 valence electrons. The Labute approximate surface area is 265 Å². The molecule has 0 radical (unpaired) electrons. The smallest absolute Gasteiger partial charge is 0.432 e. The number of hydrogen-bond acceptors (Lipinski definition) is 8. The van der Waals surface area contributed by atoms with Crippen LogP contribution < -0.4 is 4.74 Å². The first-order valence-corrected chi connectivity index (χ1v) is 15.7. The van der Waals surface area contributed by atoms with Gasteiger partial charge in [-0.3, -0.25) is 0 Å². The molecule has 3 aromatic carbocycles. The standard InChI is InChI=1S/C24H23O3S.C7H7F5O5S/c1-19(2)24(25)27-18-17-26-20-13-15-23(16-14-20)28(21-9-5-3-6-10-21)22-11-7-4-8-12-22;1-3(2)4(13)17-5(6(8,9)10)7(11,12)18(14,15)16/h3-16H,1,17-18H2,2H3;5H,1H2,2H3,(H,14,15,16)/q+1;/p-1. The Kier molecular flexibility index (Phi) is 13.5. The Morgan fingerprint density at radius 3 is 1.59 bits per heavy atom. The van der Waals surface area contributed by atoms with Crippen molar-refractivity contribution in [2.45, 2.75) is 46.1 Å². The van der Waals surface area contributed by atoms with E-state index in [4.69, 9.17) is 9.47 Å². The maximum absolute atomic E-state index is 12.8. The highest BCUT2D eigenvalue weighted by molar-refractivity contribution is 7.97. The average molecular weight is 689 g/mol. The van der Waals surface area contributed by atoms with Gasteiger partial charge in [0.15, 0.2) is 24.8 Å². The highest BCUT2D eigenvalue weighted by atomic mass is 32.2. The highest BCUT2D eigenvalue weighted by Crippen LogP contribution is 2.38. The van der Waals surface area contributed by atoms with Gasteiger partial charge in [-0.2, -0.15) is 22.0 Å². The molecule has 0 spiro atoms. The van der Waals surface area contributed by atoms with Crippen molar-refractivity contribution in [3.63, 3.8) is 0 Å². The lowest BCUT2D eigenvalue weighted by atomic mass is 10.3. The van der Waals surface area contributed by atoms with Gasteiger partial charge in [0.2, 0.25) is 0 Å². The van der Waals surface area contributed by atoms with Crippen molar-refractivity contribution in [3.8, 4) is 5.75 Å². The summed E-state index contributed by atoms with van der Waals surface area (Å²) in [6, 6.07) is 29.1. The zero-order valence-corrected chi connectivity index (χ0v) is 26.1. The van der Waals surface area contributed by atoms with Gasteiger partial charge in [-0.1, -0.05) is 49.6 Å². The molecular weight excluding hydrogens is 659 g/mol. The van der Waals surface area contributed by atoms with E-state index in [1.807, 2.05) is 24.3 Å². The van der Waals surface area contributed by atoms with E-state index < -0.39 is 45.2 Å². The van der Waals surface area contributed by atoms with Gasteiger partial charge in [-0.25, -0.2) is 18.0 Å². The summed E-state index contributed by atoms with van der Waals surface area (Å²) in [7, 11) is -6.84. The molecule has 0 heterocycles. The van der Waals surface area contributed by atoms with Crippen LogP contribution in [0.2, 0.25) is 0 Å². The zero-order chi connectivity index (χ0) is 34.7. The molecule has 0 bridgehead atoms. The molecular formula is C31H29F5O8S2. The van der Waals surface area contributed by atoms with Crippen molar-refractivity contribution in [1.82, 2.24) is 0 Å². The molecule has 0 saturated heterocycles. The predicted molar refractivity (Wildman–Crippen MR) is 158 cm³/mol. The van der Waals surface area contributed by atoms with Crippen molar-refractivity contribution < 1.29 is 58.7 Å². The maximum Gasteiger partial charge on any atom is 0.432 e. The zero-order valence-electron chi connectivity index (χ0n) is 24.5. The van der Waals surface area contributed by atoms with Gasteiger partial charge in [0, 0.05) is 11.1 Å². The van der Waals surface area contributed by atoms with Crippen molar-refractivity contribution in [2.24, 2.45) is 0 Å². The number of hydrogen-bond donors (Lipinski definition) is 0. The molecule has 0 fully saturated rings. The average Bonchev–Trinajstić information content (AvgIpc) is 2.98. The van der Waals surface area contributed by atoms with Gasteiger partial charge in [0.1, 0.15) is 19.0 Å². The second-order valence-corrected chi connectivity index (χ2v) is 12.8. The molecule has 0 amide bonds. The van der Waals surface area contributed by atoms with Gasteiger partial charge in [-0.15, -0.1) is 0 Å². The van der Waals surface area contributed by atoms with Crippen LogP contribution in [0.5, 0.6) is 5.75 Å². The van der Waals surface area contributed by atoms with Crippen molar-refractivity contribution in [2.75, 3.05) is 13.2 Å². The summed E-state index contributed by atoms with van der Waals surface area (Å²) in [4.78, 5) is 25.9. The third-order valence-electron chi connectivity index (χ3n) is 5.46. The number of ether oxygens (including phenoxy) is 3. The van der Waals surface area contributed by atoms with Crippen LogP contribution in [-0.2, 0) is 40.1 Å². The number of halogens is 5. The second-order valence-electron chi connectivity index (χ2n) is 9.29. The number of carbonyl (C=O) groups is 2. The Morgan fingerprint density at radius 1 is 0.761 bits per heavy atom. The fourth-order valence-electron chi connectivity index (χ4n) is 3.28. The molecule has 0 saturated carbocycles. The third-order valence-corrected chi connectivity index (χ3v) is 8.57. The lowest BCUT2D eigenvalue weighted by molar-refractivity contribution is -0.257. The first-order valence-electron chi connectivity index (χ1n) is 13.0. The van der Waals surface area contributed by atoms with Crippen LogP contribution >= 0.6 is 0 Å². The Morgan fingerprint density at radius 2 is 1.20 bits per heavy atom. The SMILES string of the molecule is C=C(C)C(=O)OC(C(F)(F)F)C(F)(F)S(=O)(=O)[O-].C=C(C)C(=O)OCCOc1ccc([S+](c2ccccc2)c2ccccc2)cc1. The van der Waals surface area contributed by atoms with Crippen molar-refractivity contribution >= 4 is 33.0 Å². The summed E-state index contributed by atoms with van der Waals surface area (Å²) in [5, 5.41) is -5.84. The van der Waals surface area contributed by atoms with Gasteiger partial charge in [0.25, 0.3) is 6.10 Å². The van der Waals surface area contributed by atoms with E-state index in [9.17, 15) is 44.5 Å². The molecule has 8 nitrogen and oxygen atoms in total. The fraction of sp³-hybridized carbons (Fsp3) is 0.226. The minimum atomic E-state index is -6.67. The van der Waals surface area contributed by atoms with E-state index in [1.54, 1.807) is 6.92 Å². The number of alkyl halides is 5. The van der Waals surface area contributed by atoms with Crippen LogP contribution in [0.25, 0.3) is 0 Å². The van der Waals surface area contributed by atoms with E-state index in [2.05, 4.69) is 78.6 Å². The molecule has 0 aromatic heterocycles. The minimum absolute atomic E-state index is 0.176. The summed E-state index contributed by atoms with van der Waals surface area (Å²) < 4.78 is 106. The maximum atomic E-state index is 12.8. The predicted octanol–water partition coefficient (Wildman–Crippen LogP) is 6.45. The van der Waals surface area contributed by atoms with E-state index in [0.29, 0.717) is 12.2 Å². The molecule has 0 aliphatic heterocycles. The van der Waals surface area contributed by atoms with Crippen LogP contribution in [0.15, 0.2) is 124 Å². The number of benzene rings is 3. The lowest BCUT2D eigenvalue weighted by Gasteiger charge is -2.29. The van der Waals surface area contributed by atoms with Crippen LogP contribution in [-0.4, -0.2) is 55.7 Å². The second kappa shape index (κ2) is 16.4. The van der Waals surface area contributed by atoms with Gasteiger partial charge in [-0.05, 0) is 62.4 Å². The minimum Gasteiger partial charge on any atom is -0.743 e. The Hall–Kier alpha value is -4.21. The van der Waals surface area contributed by atoms with E-state index >= 15 is 0 Å². The summed E-state index contributed by atoms with van der Waals surface area (Å²) in [5.41, 5.74) is -0.290. The monoisotopic (exact) mass is 688 g/mol. The van der Waals surface area contributed by atoms with E-state index in [1.165, 1.54) is 14.7 Å². The van der Waals surface area contributed by atoms with Crippen LogP contribution in [0.1, 0.15) is 13.8 Å². The number of carbonyl (C=O) groups excluding carboxylic acids is 2. The first kappa shape index (κ1) is 38.0. The lowest BCUT2D eigenvalue weighted by Crippen LogP contribution is -2.52.